The standard InChI is InChI=1S/C9H11NO2S/c1-10(2)9(11)7-4-3-5-8(6-7)12-13/h3-6,13H,1-2H3. The van der Waals surface area contributed by atoms with Crippen LogP contribution in [0.3, 0.4) is 0 Å². The molecule has 0 unspecified atom stereocenters. The van der Waals surface area contributed by atoms with E-state index >= 15 is 0 Å². The number of hydrogen-bond acceptors (Lipinski definition) is 3. The minimum absolute atomic E-state index is 0.0489. The fourth-order valence-electron chi connectivity index (χ4n) is 0.944. The topological polar surface area (TPSA) is 29.5 Å². The lowest BCUT2D eigenvalue weighted by atomic mass is 10.2. The second kappa shape index (κ2) is 4.18. The van der Waals surface area contributed by atoms with E-state index in [9.17, 15) is 4.79 Å². The molecule has 1 rings (SSSR count). The summed E-state index contributed by atoms with van der Waals surface area (Å²) < 4.78 is 4.71. The van der Waals surface area contributed by atoms with Gasteiger partial charge in [0.25, 0.3) is 5.91 Å². The van der Waals surface area contributed by atoms with Crippen LogP contribution in [-0.4, -0.2) is 24.9 Å². The van der Waals surface area contributed by atoms with Crippen molar-refractivity contribution < 1.29 is 8.98 Å². The van der Waals surface area contributed by atoms with Gasteiger partial charge < -0.3 is 9.08 Å². The molecule has 1 aromatic rings. The van der Waals surface area contributed by atoms with Crippen LogP contribution in [0.4, 0.5) is 0 Å². The third kappa shape index (κ3) is 2.39. The molecule has 4 heteroatoms. The molecular formula is C9H11NO2S. The molecule has 0 saturated heterocycles. The van der Waals surface area contributed by atoms with Gasteiger partial charge >= 0.3 is 0 Å². The Balaban J connectivity index is 2.95. The van der Waals surface area contributed by atoms with E-state index in [2.05, 4.69) is 12.9 Å². The number of carbonyl (C=O) groups excluding carboxylic acids is 1. The maximum Gasteiger partial charge on any atom is 0.253 e. The molecule has 0 aromatic heterocycles. The Bertz CT molecular complexity index is 312. The van der Waals surface area contributed by atoms with E-state index in [0.29, 0.717) is 11.3 Å². The van der Waals surface area contributed by atoms with E-state index in [4.69, 9.17) is 4.18 Å². The van der Waals surface area contributed by atoms with Crippen molar-refractivity contribution in [2.24, 2.45) is 0 Å². The zero-order chi connectivity index (χ0) is 9.84. The Kier molecular flexibility index (Phi) is 3.19. The van der Waals surface area contributed by atoms with Crippen molar-refractivity contribution in [2.75, 3.05) is 14.1 Å². The van der Waals surface area contributed by atoms with Crippen LogP contribution in [0, 0.1) is 0 Å². The van der Waals surface area contributed by atoms with Crippen molar-refractivity contribution >= 4 is 18.8 Å². The van der Waals surface area contributed by atoms with Gasteiger partial charge in [-0.3, -0.25) is 4.79 Å². The SMILES string of the molecule is CN(C)C(=O)c1cccc(OS)c1. The molecular weight excluding hydrogens is 186 g/mol. The highest BCUT2D eigenvalue weighted by atomic mass is 32.1. The minimum atomic E-state index is -0.0489. The van der Waals surface area contributed by atoms with Crippen LogP contribution in [-0.2, 0) is 0 Å². The first-order chi connectivity index (χ1) is 6.15. The summed E-state index contributed by atoms with van der Waals surface area (Å²) >= 11 is 3.65. The summed E-state index contributed by atoms with van der Waals surface area (Å²) in [5.74, 6) is 0.517. The van der Waals surface area contributed by atoms with Gasteiger partial charge in [-0.2, -0.15) is 0 Å². The van der Waals surface area contributed by atoms with Crippen LogP contribution in [0.1, 0.15) is 10.4 Å². The summed E-state index contributed by atoms with van der Waals surface area (Å²) in [7, 11) is 3.41. The zero-order valence-electron chi connectivity index (χ0n) is 7.52. The molecule has 0 aliphatic rings. The van der Waals surface area contributed by atoms with Gasteiger partial charge in [0.05, 0.1) is 0 Å². The highest BCUT2D eigenvalue weighted by molar-refractivity contribution is 7.75. The molecule has 0 aliphatic heterocycles. The number of nitrogens with zero attached hydrogens (tertiary/aromatic N) is 1. The fourth-order valence-corrected chi connectivity index (χ4v) is 1.06. The summed E-state index contributed by atoms with van der Waals surface area (Å²) in [5.41, 5.74) is 0.594. The Hall–Kier alpha value is -1.16. The van der Waals surface area contributed by atoms with E-state index in [-0.39, 0.29) is 5.91 Å². The lowest BCUT2D eigenvalue weighted by Gasteiger charge is -2.10. The van der Waals surface area contributed by atoms with Gasteiger partial charge in [-0.05, 0) is 18.2 Å². The van der Waals surface area contributed by atoms with Gasteiger partial charge in [0.15, 0.2) is 0 Å². The fraction of sp³-hybridized carbons (Fsp3) is 0.222. The van der Waals surface area contributed by atoms with Gasteiger partial charge in [-0.15, -0.1) is 0 Å². The van der Waals surface area contributed by atoms with Gasteiger partial charge in [-0.1, -0.05) is 6.07 Å². The predicted molar refractivity (Wildman–Crippen MR) is 54.1 cm³/mol. The van der Waals surface area contributed by atoms with E-state index in [1.54, 1.807) is 38.4 Å². The molecule has 1 aromatic carbocycles. The molecule has 0 saturated carbocycles. The van der Waals surface area contributed by atoms with Crippen LogP contribution >= 0.6 is 12.9 Å². The zero-order valence-corrected chi connectivity index (χ0v) is 8.41. The molecule has 0 heterocycles. The molecule has 0 radical (unpaired) electrons. The Morgan fingerprint density at radius 2 is 2.15 bits per heavy atom. The van der Waals surface area contributed by atoms with Crippen LogP contribution < -0.4 is 4.18 Å². The van der Waals surface area contributed by atoms with E-state index in [0.717, 1.165) is 0 Å². The smallest absolute Gasteiger partial charge is 0.253 e. The first-order valence-corrected chi connectivity index (χ1v) is 4.15. The van der Waals surface area contributed by atoms with Crippen LogP contribution in [0.25, 0.3) is 0 Å². The van der Waals surface area contributed by atoms with Crippen molar-refractivity contribution in [3.05, 3.63) is 29.8 Å². The second-order valence-corrected chi connectivity index (χ2v) is 3.00. The van der Waals surface area contributed by atoms with Gasteiger partial charge in [-0.25, -0.2) is 0 Å². The minimum Gasteiger partial charge on any atom is -0.429 e. The molecule has 0 bridgehead atoms. The van der Waals surface area contributed by atoms with Crippen molar-refractivity contribution in [2.45, 2.75) is 0 Å². The lowest BCUT2D eigenvalue weighted by molar-refractivity contribution is 0.0827. The molecule has 0 spiro atoms. The molecule has 0 N–H and O–H groups in total. The molecule has 0 fully saturated rings. The monoisotopic (exact) mass is 197 g/mol. The molecule has 1 amide bonds. The highest BCUT2D eigenvalue weighted by Crippen LogP contribution is 2.14. The third-order valence-electron chi connectivity index (χ3n) is 1.59. The first kappa shape index (κ1) is 9.92. The summed E-state index contributed by atoms with van der Waals surface area (Å²) in [5, 5.41) is 0. The molecule has 0 atom stereocenters. The largest absolute Gasteiger partial charge is 0.429 e. The van der Waals surface area contributed by atoms with Gasteiger partial charge in [0, 0.05) is 32.6 Å². The number of hydrogen-bond donors (Lipinski definition) is 1. The quantitative estimate of drug-likeness (QED) is 0.576. The summed E-state index contributed by atoms with van der Waals surface area (Å²) in [6.45, 7) is 0. The average molecular weight is 197 g/mol. The lowest BCUT2D eigenvalue weighted by Crippen LogP contribution is -2.21. The Labute approximate surface area is 82.9 Å². The highest BCUT2D eigenvalue weighted by Gasteiger charge is 2.07. The summed E-state index contributed by atoms with van der Waals surface area (Å²) in [4.78, 5) is 13.0. The number of thiol groups is 1. The maximum absolute atomic E-state index is 11.5. The summed E-state index contributed by atoms with van der Waals surface area (Å²) in [6, 6.07) is 6.87. The first-order valence-electron chi connectivity index (χ1n) is 3.78. The third-order valence-corrected chi connectivity index (χ3v) is 1.80. The second-order valence-electron chi connectivity index (χ2n) is 2.82. The predicted octanol–water partition coefficient (Wildman–Crippen LogP) is 1.61. The van der Waals surface area contributed by atoms with Crippen LogP contribution in [0.2, 0.25) is 0 Å². The Morgan fingerprint density at radius 1 is 1.46 bits per heavy atom. The van der Waals surface area contributed by atoms with Crippen LogP contribution in [0.15, 0.2) is 24.3 Å². The maximum atomic E-state index is 11.5. The van der Waals surface area contributed by atoms with Crippen molar-refractivity contribution in [1.82, 2.24) is 4.90 Å². The van der Waals surface area contributed by atoms with Gasteiger partial charge in [0.2, 0.25) is 0 Å². The van der Waals surface area contributed by atoms with Crippen molar-refractivity contribution in [3.63, 3.8) is 0 Å². The summed E-state index contributed by atoms with van der Waals surface area (Å²) in [6.07, 6.45) is 0. The Morgan fingerprint density at radius 3 is 2.69 bits per heavy atom. The number of amides is 1. The molecule has 0 aliphatic carbocycles. The van der Waals surface area contributed by atoms with Gasteiger partial charge in [0.1, 0.15) is 5.75 Å². The number of benzene rings is 1. The average Bonchev–Trinajstić information content (AvgIpc) is 2.16. The number of carbonyl (C=O) groups is 1. The van der Waals surface area contributed by atoms with Crippen LogP contribution in [0.5, 0.6) is 5.75 Å². The number of rotatable bonds is 2. The molecule has 13 heavy (non-hydrogen) atoms. The van der Waals surface area contributed by atoms with E-state index < -0.39 is 0 Å². The van der Waals surface area contributed by atoms with Crippen molar-refractivity contribution in [1.29, 1.82) is 0 Å². The molecule has 70 valence electrons. The normalized spacial score (nSPS) is 9.46. The molecule has 3 nitrogen and oxygen atoms in total. The van der Waals surface area contributed by atoms with E-state index in [1.165, 1.54) is 4.90 Å². The van der Waals surface area contributed by atoms with E-state index in [1.807, 2.05) is 0 Å². The van der Waals surface area contributed by atoms with Crippen molar-refractivity contribution in [3.8, 4) is 5.75 Å².